The molecule has 90 valence electrons. The second-order valence-electron chi connectivity index (χ2n) is 4.53. The average molecular weight is 295 g/mol. The summed E-state index contributed by atoms with van der Waals surface area (Å²) in [6.45, 7) is 1.63. The van der Waals surface area contributed by atoms with Crippen LogP contribution in [0.2, 0.25) is 0 Å². The van der Waals surface area contributed by atoms with Crippen molar-refractivity contribution in [1.82, 2.24) is 14.5 Å². The standard InChI is InChI=1S/C12H15BrN4/c13-9-6-10-12(15-7-9)17(5-1-4-14)11(16-10)8-2-3-8/h6-8H,1-5,14H2. The molecule has 2 heterocycles. The Morgan fingerprint density at radius 1 is 1.47 bits per heavy atom. The molecule has 0 amide bonds. The van der Waals surface area contributed by atoms with E-state index in [9.17, 15) is 0 Å². The molecular weight excluding hydrogens is 280 g/mol. The minimum absolute atomic E-state index is 0.640. The van der Waals surface area contributed by atoms with Crippen molar-refractivity contribution in [2.45, 2.75) is 31.7 Å². The second kappa shape index (κ2) is 4.38. The predicted octanol–water partition coefficient (Wildman–Crippen LogP) is 2.42. The molecule has 0 unspecified atom stereocenters. The second-order valence-corrected chi connectivity index (χ2v) is 5.45. The van der Waals surface area contributed by atoms with Gasteiger partial charge in [0.1, 0.15) is 11.3 Å². The number of nitrogens with zero attached hydrogens (tertiary/aromatic N) is 3. The van der Waals surface area contributed by atoms with Gasteiger partial charge in [0.25, 0.3) is 0 Å². The highest BCUT2D eigenvalue weighted by Gasteiger charge is 2.29. The number of imidazole rings is 1. The smallest absolute Gasteiger partial charge is 0.160 e. The van der Waals surface area contributed by atoms with Gasteiger partial charge in [-0.15, -0.1) is 0 Å². The highest BCUT2D eigenvalue weighted by molar-refractivity contribution is 9.10. The minimum atomic E-state index is 0.640. The molecule has 4 nitrogen and oxygen atoms in total. The van der Waals surface area contributed by atoms with Crippen molar-refractivity contribution >= 4 is 27.1 Å². The number of aryl methyl sites for hydroxylation is 1. The predicted molar refractivity (Wildman–Crippen MR) is 70.9 cm³/mol. The zero-order chi connectivity index (χ0) is 11.8. The third-order valence-electron chi connectivity index (χ3n) is 3.11. The van der Waals surface area contributed by atoms with Gasteiger partial charge in [-0.05, 0) is 47.8 Å². The third-order valence-corrected chi connectivity index (χ3v) is 3.54. The molecule has 1 saturated carbocycles. The molecule has 2 aromatic heterocycles. The molecule has 1 aliphatic rings. The van der Waals surface area contributed by atoms with Crippen LogP contribution in [0.3, 0.4) is 0 Å². The van der Waals surface area contributed by atoms with Crippen LogP contribution < -0.4 is 5.73 Å². The fourth-order valence-corrected chi connectivity index (χ4v) is 2.45. The summed E-state index contributed by atoms with van der Waals surface area (Å²) in [5.74, 6) is 1.83. The van der Waals surface area contributed by atoms with Crippen molar-refractivity contribution in [3.05, 3.63) is 22.6 Å². The van der Waals surface area contributed by atoms with E-state index in [2.05, 4.69) is 25.5 Å². The van der Waals surface area contributed by atoms with Crippen LogP contribution in [0.25, 0.3) is 11.2 Å². The molecule has 2 N–H and O–H groups in total. The zero-order valence-corrected chi connectivity index (χ0v) is 11.2. The van der Waals surface area contributed by atoms with Crippen molar-refractivity contribution in [3.8, 4) is 0 Å². The molecule has 0 atom stereocenters. The number of rotatable bonds is 4. The summed E-state index contributed by atoms with van der Waals surface area (Å²) in [5.41, 5.74) is 7.57. The Morgan fingerprint density at radius 3 is 3.00 bits per heavy atom. The summed E-state index contributed by atoms with van der Waals surface area (Å²) < 4.78 is 3.22. The summed E-state index contributed by atoms with van der Waals surface area (Å²) in [6, 6.07) is 2.03. The summed E-state index contributed by atoms with van der Waals surface area (Å²) in [4.78, 5) is 9.20. The van der Waals surface area contributed by atoms with Gasteiger partial charge in [-0.2, -0.15) is 0 Å². The summed E-state index contributed by atoms with van der Waals surface area (Å²) in [5, 5.41) is 0. The molecule has 0 saturated heterocycles. The van der Waals surface area contributed by atoms with E-state index in [1.807, 2.05) is 12.3 Å². The first-order valence-corrected chi connectivity index (χ1v) is 6.80. The molecule has 17 heavy (non-hydrogen) atoms. The molecule has 0 aromatic carbocycles. The van der Waals surface area contributed by atoms with Gasteiger partial charge in [0.05, 0.1) is 0 Å². The van der Waals surface area contributed by atoms with E-state index in [1.54, 1.807) is 0 Å². The van der Waals surface area contributed by atoms with E-state index in [-0.39, 0.29) is 0 Å². The summed E-state index contributed by atoms with van der Waals surface area (Å²) in [6.07, 6.45) is 5.32. The van der Waals surface area contributed by atoms with Crippen LogP contribution >= 0.6 is 15.9 Å². The van der Waals surface area contributed by atoms with E-state index >= 15 is 0 Å². The molecule has 3 rings (SSSR count). The van der Waals surface area contributed by atoms with Crippen molar-refractivity contribution in [2.24, 2.45) is 5.73 Å². The normalized spacial score (nSPS) is 15.6. The quantitative estimate of drug-likeness (QED) is 0.942. The third kappa shape index (κ3) is 2.09. The Kier molecular flexibility index (Phi) is 2.88. The average Bonchev–Trinajstić information content (AvgIpc) is 3.09. The van der Waals surface area contributed by atoms with E-state index in [0.717, 1.165) is 28.6 Å². The number of aromatic nitrogens is 3. The SMILES string of the molecule is NCCCn1c(C2CC2)nc2cc(Br)cnc21. The first kappa shape index (κ1) is 11.2. The molecule has 1 aliphatic carbocycles. The maximum absolute atomic E-state index is 5.59. The summed E-state index contributed by atoms with van der Waals surface area (Å²) >= 11 is 3.44. The van der Waals surface area contributed by atoms with E-state index in [1.165, 1.54) is 18.7 Å². The van der Waals surface area contributed by atoms with Crippen LogP contribution in [-0.2, 0) is 6.54 Å². The monoisotopic (exact) mass is 294 g/mol. The largest absolute Gasteiger partial charge is 0.330 e. The topological polar surface area (TPSA) is 56.7 Å². The Hall–Kier alpha value is -0.940. The number of nitrogens with two attached hydrogens (primary N) is 1. The van der Waals surface area contributed by atoms with Gasteiger partial charge in [0, 0.05) is 23.1 Å². The lowest BCUT2D eigenvalue weighted by atomic mass is 10.3. The van der Waals surface area contributed by atoms with Gasteiger partial charge >= 0.3 is 0 Å². The Balaban J connectivity index is 2.09. The maximum Gasteiger partial charge on any atom is 0.160 e. The van der Waals surface area contributed by atoms with Gasteiger partial charge in [0.2, 0.25) is 0 Å². The Labute approximate surface area is 108 Å². The number of pyridine rings is 1. The van der Waals surface area contributed by atoms with Gasteiger partial charge in [-0.1, -0.05) is 0 Å². The molecule has 5 heteroatoms. The van der Waals surface area contributed by atoms with Crippen LogP contribution in [0, 0.1) is 0 Å². The Morgan fingerprint density at radius 2 is 2.29 bits per heavy atom. The lowest BCUT2D eigenvalue weighted by Crippen LogP contribution is -2.08. The van der Waals surface area contributed by atoms with Crippen molar-refractivity contribution in [1.29, 1.82) is 0 Å². The van der Waals surface area contributed by atoms with Crippen LogP contribution in [0.5, 0.6) is 0 Å². The zero-order valence-electron chi connectivity index (χ0n) is 9.56. The number of fused-ring (bicyclic) bond motifs is 1. The van der Waals surface area contributed by atoms with Gasteiger partial charge in [-0.3, -0.25) is 0 Å². The molecule has 1 fully saturated rings. The van der Waals surface area contributed by atoms with Crippen molar-refractivity contribution in [3.63, 3.8) is 0 Å². The molecular formula is C12H15BrN4. The fraction of sp³-hybridized carbons (Fsp3) is 0.500. The molecule has 0 aliphatic heterocycles. The highest BCUT2D eigenvalue weighted by atomic mass is 79.9. The summed E-state index contributed by atoms with van der Waals surface area (Å²) in [7, 11) is 0. The molecule has 0 bridgehead atoms. The van der Waals surface area contributed by atoms with Gasteiger partial charge in [-0.25, -0.2) is 9.97 Å². The molecule has 2 aromatic rings. The lowest BCUT2D eigenvalue weighted by molar-refractivity contribution is 0.629. The van der Waals surface area contributed by atoms with Crippen LogP contribution in [0.15, 0.2) is 16.7 Å². The first-order valence-electron chi connectivity index (χ1n) is 6.01. The Bertz CT molecular complexity index is 545. The van der Waals surface area contributed by atoms with Crippen molar-refractivity contribution < 1.29 is 0 Å². The van der Waals surface area contributed by atoms with Gasteiger partial charge < -0.3 is 10.3 Å². The molecule has 0 radical (unpaired) electrons. The van der Waals surface area contributed by atoms with E-state index < -0.39 is 0 Å². The number of hydrogen-bond acceptors (Lipinski definition) is 3. The van der Waals surface area contributed by atoms with Crippen LogP contribution in [0.1, 0.15) is 31.0 Å². The highest BCUT2D eigenvalue weighted by Crippen LogP contribution is 2.40. The van der Waals surface area contributed by atoms with E-state index in [4.69, 9.17) is 10.7 Å². The first-order chi connectivity index (χ1) is 8.29. The minimum Gasteiger partial charge on any atom is -0.330 e. The fourth-order valence-electron chi connectivity index (χ4n) is 2.13. The number of halogens is 1. The van der Waals surface area contributed by atoms with E-state index in [0.29, 0.717) is 12.5 Å². The molecule has 0 spiro atoms. The van der Waals surface area contributed by atoms with Gasteiger partial charge in [0.15, 0.2) is 5.65 Å². The number of hydrogen-bond donors (Lipinski definition) is 1. The maximum atomic E-state index is 5.59. The van der Waals surface area contributed by atoms with Crippen LogP contribution in [-0.4, -0.2) is 21.1 Å². The van der Waals surface area contributed by atoms with Crippen LogP contribution in [0.4, 0.5) is 0 Å². The van der Waals surface area contributed by atoms with Crippen molar-refractivity contribution in [2.75, 3.05) is 6.54 Å². The lowest BCUT2D eigenvalue weighted by Gasteiger charge is -2.06.